The molecule has 1 aliphatic heterocycles. The highest BCUT2D eigenvalue weighted by Crippen LogP contribution is 2.17. The number of benzene rings is 1. The number of halogens is 2. The van der Waals surface area contributed by atoms with Gasteiger partial charge in [-0.2, -0.15) is 0 Å². The summed E-state index contributed by atoms with van der Waals surface area (Å²) in [6, 6.07) is 9.65. The Kier molecular flexibility index (Phi) is 6.26. The summed E-state index contributed by atoms with van der Waals surface area (Å²) in [5, 5.41) is 1.22. The van der Waals surface area contributed by atoms with Crippen LogP contribution in [-0.2, 0) is 11.2 Å². The Morgan fingerprint density at radius 1 is 1.21 bits per heavy atom. The molecule has 2 amide bonds. The van der Waals surface area contributed by atoms with Crippen molar-refractivity contribution in [3.8, 4) is 0 Å². The van der Waals surface area contributed by atoms with E-state index in [1.165, 1.54) is 12.1 Å². The van der Waals surface area contributed by atoms with Gasteiger partial charge < -0.3 is 15.6 Å². The predicted octanol–water partition coefficient (Wildman–Crippen LogP) is 3.31. The molecule has 1 fully saturated rings. The maximum atomic E-state index is 12.6. The molecule has 4 rings (SSSR count). The molecule has 0 aliphatic carbocycles. The summed E-state index contributed by atoms with van der Waals surface area (Å²) in [6.45, 7) is 1.81. The number of likely N-dealkylation sites (tertiary alicyclic amines) is 1. The number of nitrogens with one attached hydrogen (secondary N) is 1. The summed E-state index contributed by atoms with van der Waals surface area (Å²) >= 11 is 5.67. The summed E-state index contributed by atoms with van der Waals surface area (Å²) < 4.78 is 12.6. The lowest BCUT2D eigenvalue weighted by Crippen LogP contribution is -2.42. The second-order valence-corrected chi connectivity index (χ2v) is 6.89. The van der Waals surface area contributed by atoms with E-state index in [0.717, 1.165) is 36.0 Å². The van der Waals surface area contributed by atoms with Crippen molar-refractivity contribution in [3.05, 3.63) is 64.8 Å². The Balaban J connectivity index is 0.000000162. The number of hydrogen-bond donors (Lipinski definition) is 2. The fourth-order valence-corrected chi connectivity index (χ4v) is 2.93. The van der Waals surface area contributed by atoms with Crippen molar-refractivity contribution in [2.75, 3.05) is 13.1 Å². The van der Waals surface area contributed by atoms with Gasteiger partial charge in [-0.25, -0.2) is 9.37 Å². The molecule has 1 aliphatic rings. The molecule has 8 heteroatoms. The van der Waals surface area contributed by atoms with E-state index in [-0.39, 0.29) is 11.7 Å². The van der Waals surface area contributed by atoms with Crippen molar-refractivity contribution in [3.63, 3.8) is 0 Å². The minimum absolute atomic E-state index is 0.213. The first-order valence-corrected chi connectivity index (χ1v) is 9.26. The average Bonchev–Trinajstić information content (AvgIpc) is 3.04. The standard InChI is InChI=1S/C12H14FNO.C8H6ClN3O/c13-11-5-2-10(3-6-11)4-7-12(15)14-8-1-9-14;9-7-2-4-1-5(8(10)13)12-6(4)3-11-7/h2-3,5-6H,1,4,7-9H2;1-3,12H,(H2,10,13). The molecule has 28 heavy (non-hydrogen) atoms. The number of rotatable bonds is 4. The quantitative estimate of drug-likeness (QED) is 0.656. The number of fused-ring (bicyclic) bond motifs is 1. The van der Waals surface area contributed by atoms with Crippen LogP contribution in [0.25, 0.3) is 10.9 Å². The van der Waals surface area contributed by atoms with Crippen LogP contribution in [0.15, 0.2) is 42.6 Å². The van der Waals surface area contributed by atoms with Crippen LogP contribution < -0.4 is 5.73 Å². The van der Waals surface area contributed by atoms with Crippen LogP contribution in [0.4, 0.5) is 4.39 Å². The fourth-order valence-electron chi connectivity index (χ4n) is 2.76. The molecule has 0 radical (unpaired) electrons. The molecule has 146 valence electrons. The maximum Gasteiger partial charge on any atom is 0.265 e. The van der Waals surface area contributed by atoms with E-state index in [1.807, 2.05) is 4.90 Å². The number of aromatic amines is 1. The van der Waals surface area contributed by atoms with Gasteiger partial charge in [-0.15, -0.1) is 0 Å². The zero-order chi connectivity index (χ0) is 20.1. The number of primary amides is 1. The van der Waals surface area contributed by atoms with Crippen molar-refractivity contribution in [2.24, 2.45) is 5.73 Å². The highest BCUT2D eigenvalue weighted by Gasteiger charge is 2.19. The first-order chi connectivity index (χ1) is 13.4. The molecule has 0 atom stereocenters. The van der Waals surface area contributed by atoms with Crippen molar-refractivity contribution in [1.82, 2.24) is 14.9 Å². The summed E-state index contributed by atoms with van der Waals surface area (Å²) in [6.07, 6.45) is 3.92. The van der Waals surface area contributed by atoms with Gasteiger partial charge in [-0.05, 0) is 42.7 Å². The number of carbonyl (C=O) groups is 2. The number of carbonyl (C=O) groups excluding carboxylic acids is 2. The highest BCUT2D eigenvalue weighted by molar-refractivity contribution is 6.30. The zero-order valence-corrected chi connectivity index (χ0v) is 15.9. The smallest absolute Gasteiger partial charge is 0.265 e. The first-order valence-electron chi connectivity index (χ1n) is 8.88. The van der Waals surface area contributed by atoms with E-state index in [0.29, 0.717) is 23.7 Å². The lowest BCUT2D eigenvalue weighted by molar-refractivity contribution is -0.134. The largest absolute Gasteiger partial charge is 0.364 e. The van der Waals surface area contributed by atoms with Crippen LogP contribution in [0.3, 0.4) is 0 Å². The maximum absolute atomic E-state index is 12.6. The van der Waals surface area contributed by atoms with Crippen LogP contribution in [0.2, 0.25) is 5.15 Å². The van der Waals surface area contributed by atoms with Crippen LogP contribution in [0.5, 0.6) is 0 Å². The van der Waals surface area contributed by atoms with Crippen LogP contribution in [0.1, 0.15) is 28.9 Å². The van der Waals surface area contributed by atoms with Crippen molar-refractivity contribution < 1.29 is 14.0 Å². The molecule has 0 bridgehead atoms. The lowest BCUT2D eigenvalue weighted by atomic mass is 10.1. The molecular formula is C20H20ClFN4O2. The first kappa shape index (κ1) is 19.8. The number of aromatic nitrogens is 2. The molecule has 1 saturated heterocycles. The lowest BCUT2D eigenvalue weighted by Gasteiger charge is -2.30. The van der Waals surface area contributed by atoms with E-state index in [9.17, 15) is 14.0 Å². The van der Waals surface area contributed by atoms with Gasteiger partial charge in [0.15, 0.2) is 0 Å². The van der Waals surface area contributed by atoms with E-state index >= 15 is 0 Å². The van der Waals surface area contributed by atoms with Gasteiger partial charge in [0.05, 0.1) is 11.7 Å². The topological polar surface area (TPSA) is 92.1 Å². The minimum Gasteiger partial charge on any atom is -0.364 e. The molecule has 3 aromatic rings. The SMILES string of the molecule is NC(=O)c1cc2cc(Cl)ncc2[nH]1.O=C(CCc1ccc(F)cc1)N1CCC1. The van der Waals surface area contributed by atoms with Gasteiger partial charge >= 0.3 is 0 Å². The van der Waals surface area contributed by atoms with Crippen LogP contribution in [0, 0.1) is 5.82 Å². The highest BCUT2D eigenvalue weighted by atomic mass is 35.5. The third kappa shape index (κ3) is 5.07. The second kappa shape index (κ2) is 8.84. The average molecular weight is 403 g/mol. The number of hydrogen-bond acceptors (Lipinski definition) is 3. The molecule has 2 aromatic heterocycles. The molecule has 0 unspecified atom stereocenters. The summed E-state index contributed by atoms with van der Waals surface area (Å²) in [4.78, 5) is 30.9. The fraction of sp³-hybridized carbons (Fsp3) is 0.250. The van der Waals surface area contributed by atoms with E-state index in [4.69, 9.17) is 17.3 Å². The third-order valence-electron chi connectivity index (χ3n) is 4.49. The number of amides is 2. The van der Waals surface area contributed by atoms with Gasteiger partial charge in [-0.3, -0.25) is 9.59 Å². The van der Waals surface area contributed by atoms with E-state index in [1.54, 1.807) is 30.5 Å². The number of nitrogens with zero attached hydrogens (tertiary/aromatic N) is 2. The molecular weight excluding hydrogens is 383 g/mol. The predicted molar refractivity (Wildman–Crippen MR) is 106 cm³/mol. The van der Waals surface area contributed by atoms with Gasteiger partial charge in [0.1, 0.15) is 16.7 Å². The zero-order valence-electron chi connectivity index (χ0n) is 15.1. The number of aryl methyl sites for hydroxylation is 1. The monoisotopic (exact) mass is 402 g/mol. The molecule has 0 spiro atoms. The van der Waals surface area contributed by atoms with Crippen LogP contribution in [-0.4, -0.2) is 39.8 Å². The molecule has 1 aromatic carbocycles. The number of pyridine rings is 1. The van der Waals surface area contributed by atoms with Gasteiger partial charge in [-0.1, -0.05) is 23.7 Å². The Morgan fingerprint density at radius 2 is 1.93 bits per heavy atom. The molecule has 0 saturated carbocycles. The normalized spacial score (nSPS) is 12.9. The van der Waals surface area contributed by atoms with E-state index < -0.39 is 5.91 Å². The van der Waals surface area contributed by atoms with Crippen molar-refractivity contribution >= 4 is 34.3 Å². The van der Waals surface area contributed by atoms with Crippen LogP contribution >= 0.6 is 11.6 Å². The Morgan fingerprint density at radius 3 is 2.54 bits per heavy atom. The minimum atomic E-state index is -0.493. The molecule has 3 heterocycles. The summed E-state index contributed by atoms with van der Waals surface area (Å²) in [7, 11) is 0. The Hall–Kier alpha value is -2.93. The van der Waals surface area contributed by atoms with Crippen molar-refractivity contribution in [2.45, 2.75) is 19.3 Å². The third-order valence-corrected chi connectivity index (χ3v) is 4.69. The molecule has 6 nitrogen and oxygen atoms in total. The van der Waals surface area contributed by atoms with Gasteiger partial charge in [0.2, 0.25) is 5.91 Å². The number of H-pyrrole nitrogens is 1. The van der Waals surface area contributed by atoms with Crippen molar-refractivity contribution in [1.29, 1.82) is 0 Å². The second-order valence-electron chi connectivity index (χ2n) is 6.50. The summed E-state index contributed by atoms with van der Waals surface area (Å²) in [5.41, 5.74) is 7.22. The number of nitrogens with two attached hydrogens (primary N) is 1. The molecule has 3 N–H and O–H groups in total. The van der Waals surface area contributed by atoms with E-state index in [2.05, 4.69) is 9.97 Å². The summed E-state index contributed by atoms with van der Waals surface area (Å²) in [5.74, 6) is -0.509. The van der Waals surface area contributed by atoms with Gasteiger partial charge in [0, 0.05) is 24.9 Å². The Labute approximate surface area is 166 Å². The Bertz CT molecular complexity index is 984. The van der Waals surface area contributed by atoms with Gasteiger partial charge in [0.25, 0.3) is 5.91 Å².